The van der Waals surface area contributed by atoms with Gasteiger partial charge in [-0.15, -0.1) is 0 Å². The monoisotopic (exact) mass is 449 g/mol. The van der Waals surface area contributed by atoms with E-state index in [1.807, 2.05) is 17.4 Å². The summed E-state index contributed by atoms with van der Waals surface area (Å²) in [6.07, 6.45) is 0.154. The standard InChI is InChI=1S/C23H26F3N3O3/c1-15(28-22(30)23(24,25)26)17-4-6-19(7-5-17)32-20-9-11-29(13-20)18-8-10-27-21(12-18)31-14-16-2-3-16/h4-8,10,12,15-16,20H,2-3,9,11,13-14H2,1H3,(H,28,30)/t15-,20?/m0/s1. The summed E-state index contributed by atoms with van der Waals surface area (Å²) in [5.74, 6) is -0.00638. The van der Waals surface area contributed by atoms with Gasteiger partial charge in [-0.05, 0) is 49.4 Å². The van der Waals surface area contributed by atoms with Crippen LogP contribution in [0.3, 0.4) is 0 Å². The number of halogens is 3. The highest BCUT2D eigenvalue weighted by atomic mass is 19.4. The summed E-state index contributed by atoms with van der Waals surface area (Å²) in [6, 6.07) is 9.90. The molecule has 0 bridgehead atoms. The van der Waals surface area contributed by atoms with Gasteiger partial charge in [0.15, 0.2) is 0 Å². The number of nitrogens with one attached hydrogen (secondary N) is 1. The van der Waals surface area contributed by atoms with Crippen LogP contribution in [0.15, 0.2) is 42.6 Å². The Balaban J connectivity index is 1.29. The van der Waals surface area contributed by atoms with Crippen molar-refractivity contribution < 1.29 is 27.4 Å². The number of carbonyl (C=O) groups is 1. The summed E-state index contributed by atoms with van der Waals surface area (Å²) in [5.41, 5.74) is 1.61. The third-order valence-corrected chi connectivity index (χ3v) is 5.68. The fourth-order valence-corrected chi connectivity index (χ4v) is 3.61. The van der Waals surface area contributed by atoms with E-state index in [4.69, 9.17) is 9.47 Å². The van der Waals surface area contributed by atoms with Crippen molar-refractivity contribution in [2.24, 2.45) is 5.92 Å². The predicted molar refractivity (Wildman–Crippen MR) is 113 cm³/mol. The number of hydrogen-bond donors (Lipinski definition) is 1. The summed E-state index contributed by atoms with van der Waals surface area (Å²) >= 11 is 0. The molecule has 9 heteroatoms. The molecule has 2 aromatic rings. The van der Waals surface area contributed by atoms with Crippen LogP contribution in [0.25, 0.3) is 0 Å². The van der Waals surface area contributed by atoms with Crippen molar-refractivity contribution in [1.29, 1.82) is 0 Å². The SMILES string of the molecule is C[C@H](NC(=O)C(F)(F)F)c1ccc(OC2CCN(c3ccnc(OCC4CC4)c3)C2)cc1. The number of carbonyl (C=O) groups excluding carboxylic acids is 1. The molecule has 1 unspecified atom stereocenters. The average Bonchev–Trinajstić information content (AvgIpc) is 3.49. The molecule has 4 rings (SSSR count). The molecule has 1 saturated carbocycles. The van der Waals surface area contributed by atoms with Gasteiger partial charge in [0.1, 0.15) is 11.9 Å². The van der Waals surface area contributed by atoms with Crippen LogP contribution >= 0.6 is 0 Å². The summed E-state index contributed by atoms with van der Waals surface area (Å²) in [7, 11) is 0. The van der Waals surface area contributed by atoms with Crippen LogP contribution in [0.5, 0.6) is 11.6 Å². The first kappa shape index (κ1) is 22.2. The summed E-state index contributed by atoms with van der Waals surface area (Å²) in [5, 5.41) is 1.95. The Kier molecular flexibility index (Phi) is 6.43. The lowest BCUT2D eigenvalue weighted by molar-refractivity contribution is -0.174. The number of amides is 1. The van der Waals surface area contributed by atoms with Gasteiger partial charge in [0.2, 0.25) is 5.88 Å². The van der Waals surface area contributed by atoms with Crippen LogP contribution in [0, 0.1) is 5.92 Å². The number of nitrogens with zero attached hydrogens (tertiary/aromatic N) is 2. The van der Waals surface area contributed by atoms with Crippen molar-refractivity contribution in [3.8, 4) is 11.6 Å². The van der Waals surface area contributed by atoms with Crippen LogP contribution in [0.1, 0.15) is 37.8 Å². The number of aromatic nitrogens is 1. The molecule has 1 aliphatic heterocycles. The van der Waals surface area contributed by atoms with E-state index in [2.05, 4.69) is 9.88 Å². The molecule has 172 valence electrons. The molecule has 2 atom stereocenters. The van der Waals surface area contributed by atoms with E-state index in [1.165, 1.54) is 19.8 Å². The average molecular weight is 449 g/mol. The Hall–Kier alpha value is -2.97. The van der Waals surface area contributed by atoms with E-state index < -0.39 is 18.1 Å². The second kappa shape index (κ2) is 9.26. The number of rotatable bonds is 8. The predicted octanol–water partition coefficient (Wildman–Crippen LogP) is 4.27. The Morgan fingerprint density at radius 2 is 1.97 bits per heavy atom. The Labute approximate surface area is 184 Å². The molecule has 2 fully saturated rings. The van der Waals surface area contributed by atoms with Crippen molar-refractivity contribution in [2.45, 2.75) is 44.5 Å². The van der Waals surface area contributed by atoms with Crippen molar-refractivity contribution in [3.63, 3.8) is 0 Å². The highest BCUT2D eigenvalue weighted by molar-refractivity contribution is 5.82. The maximum absolute atomic E-state index is 12.4. The summed E-state index contributed by atoms with van der Waals surface area (Å²) in [6.45, 7) is 3.78. The van der Waals surface area contributed by atoms with Gasteiger partial charge in [0.05, 0.1) is 19.2 Å². The van der Waals surface area contributed by atoms with E-state index >= 15 is 0 Å². The van der Waals surface area contributed by atoms with E-state index in [1.54, 1.807) is 30.5 Å². The van der Waals surface area contributed by atoms with E-state index in [9.17, 15) is 18.0 Å². The number of hydrogen-bond acceptors (Lipinski definition) is 5. The van der Waals surface area contributed by atoms with Gasteiger partial charge in [-0.3, -0.25) is 4.79 Å². The normalized spacial score (nSPS) is 19.5. The van der Waals surface area contributed by atoms with Gasteiger partial charge in [0.25, 0.3) is 0 Å². The summed E-state index contributed by atoms with van der Waals surface area (Å²) < 4.78 is 49.1. The Morgan fingerprint density at radius 3 is 2.66 bits per heavy atom. The van der Waals surface area contributed by atoms with Crippen molar-refractivity contribution in [3.05, 3.63) is 48.2 Å². The van der Waals surface area contributed by atoms with Gasteiger partial charge < -0.3 is 19.7 Å². The Morgan fingerprint density at radius 1 is 1.22 bits per heavy atom. The molecule has 32 heavy (non-hydrogen) atoms. The topological polar surface area (TPSA) is 63.7 Å². The lowest BCUT2D eigenvalue weighted by Gasteiger charge is -2.20. The molecule has 6 nitrogen and oxygen atoms in total. The van der Waals surface area contributed by atoms with Gasteiger partial charge in [-0.25, -0.2) is 4.98 Å². The molecule has 1 saturated heterocycles. The minimum absolute atomic E-state index is 0.00722. The number of pyridine rings is 1. The third kappa shape index (κ3) is 5.83. The minimum atomic E-state index is -4.90. The number of benzene rings is 1. The molecule has 0 spiro atoms. The fourth-order valence-electron chi connectivity index (χ4n) is 3.61. The molecule has 2 aliphatic rings. The first-order valence-electron chi connectivity index (χ1n) is 10.8. The van der Waals surface area contributed by atoms with Crippen LogP contribution in [0.2, 0.25) is 0 Å². The summed E-state index contributed by atoms with van der Waals surface area (Å²) in [4.78, 5) is 17.6. The highest BCUT2D eigenvalue weighted by Gasteiger charge is 2.39. The van der Waals surface area contributed by atoms with Gasteiger partial charge in [-0.2, -0.15) is 13.2 Å². The lowest BCUT2D eigenvalue weighted by atomic mass is 10.1. The van der Waals surface area contributed by atoms with Crippen molar-refractivity contribution in [1.82, 2.24) is 10.3 Å². The molecule has 2 heterocycles. The second-order valence-electron chi connectivity index (χ2n) is 8.34. The van der Waals surface area contributed by atoms with Crippen LogP contribution < -0.4 is 19.7 Å². The van der Waals surface area contributed by atoms with Crippen molar-refractivity contribution in [2.75, 3.05) is 24.6 Å². The van der Waals surface area contributed by atoms with Crippen LogP contribution in [-0.2, 0) is 4.79 Å². The zero-order valence-corrected chi connectivity index (χ0v) is 17.8. The van der Waals surface area contributed by atoms with E-state index in [-0.39, 0.29) is 6.10 Å². The smallest absolute Gasteiger partial charge is 0.471 e. The molecule has 1 aromatic carbocycles. The highest BCUT2D eigenvalue weighted by Crippen LogP contribution is 2.30. The molecular weight excluding hydrogens is 423 g/mol. The largest absolute Gasteiger partial charge is 0.489 e. The zero-order chi connectivity index (χ0) is 22.7. The Bertz CT molecular complexity index is 932. The van der Waals surface area contributed by atoms with Crippen LogP contribution in [0.4, 0.5) is 18.9 Å². The molecule has 1 amide bonds. The van der Waals surface area contributed by atoms with Crippen molar-refractivity contribution >= 4 is 11.6 Å². The molecule has 1 aliphatic carbocycles. The first-order chi connectivity index (χ1) is 15.3. The quantitative estimate of drug-likeness (QED) is 0.652. The number of anilines is 1. The molecule has 1 N–H and O–H groups in total. The van der Waals surface area contributed by atoms with E-state index in [0.717, 1.165) is 25.3 Å². The zero-order valence-electron chi connectivity index (χ0n) is 17.8. The molecule has 0 radical (unpaired) electrons. The first-order valence-corrected chi connectivity index (χ1v) is 10.8. The number of ether oxygens (including phenoxy) is 2. The van der Waals surface area contributed by atoms with Crippen LogP contribution in [-0.4, -0.2) is 42.9 Å². The second-order valence-corrected chi connectivity index (χ2v) is 8.34. The van der Waals surface area contributed by atoms with Gasteiger partial charge in [-0.1, -0.05) is 12.1 Å². The molecule has 1 aromatic heterocycles. The van der Waals surface area contributed by atoms with E-state index in [0.29, 0.717) is 29.7 Å². The van der Waals surface area contributed by atoms with Gasteiger partial charge >= 0.3 is 12.1 Å². The maximum atomic E-state index is 12.4. The minimum Gasteiger partial charge on any atom is -0.489 e. The molecular formula is C23H26F3N3O3. The fraction of sp³-hybridized carbons (Fsp3) is 0.478. The third-order valence-electron chi connectivity index (χ3n) is 5.68. The van der Waals surface area contributed by atoms with Gasteiger partial charge in [0, 0.05) is 30.9 Å². The number of alkyl halides is 3. The lowest BCUT2D eigenvalue weighted by Crippen LogP contribution is -2.38. The maximum Gasteiger partial charge on any atom is 0.471 e.